The largest absolute Gasteiger partial charge is 0.349 e. The van der Waals surface area contributed by atoms with E-state index in [2.05, 4.69) is 34.8 Å². The third-order valence-corrected chi connectivity index (χ3v) is 4.18. The summed E-state index contributed by atoms with van der Waals surface area (Å²) >= 11 is 8.09. The highest BCUT2D eigenvalue weighted by molar-refractivity contribution is 14.1. The topological polar surface area (TPSA) is 29.1 Å². The minimum Gasteiger partial charge on any atom is -0.349 e. The third-order valence-electron chi connectivity index (χ3n) is 2.61. The molecule has 1 aromatic carbocycles. The Labute approximate surface area is 108 Å². The number of hydrogen-bond acceptors (Lipinski definition) is 1. The molecule has 0 aromatic heterocycles. The number of nitrogens with one attached hydrogen (secondary N) is 1. The van der Waals surface area contributed by atoms with Gasteiger partial charge in [0.25, 0.3) is 5.91 Å². The maximum Gasteiger partial charge on any atom is 0.251 e. The SMILES string of the molecule is CC1CC1NC(=O)c1ccc(I)c(Cl)c1. The third kappa shape index (κ3) is 2.64. The fourth-order valence-corrected chi connectivity index (χ4v) is 1.93. The molecule has 1 saturated carbocycles. The molecule has 2 nitrogen and oxygen atoms in total. The summed E-state index contributed by atoms with van der Waals surface area (Å²) in [5.74, 6) is 0.593. The van der Waals surface area contributed by atoms with E-state index in [0.29, 0.717) is 22.5 Å². The second-order valence-corrected chi connectivity index (χ2v) is 5.49. The smallest absolute Gasteiger partial charge is 0.251 e. The molecule has 0 saturated heterocycles. The minimum absolute atomic E-state index is 0.0253. The monoisotopic (exact) mass is 335 g/mol. The van der Waals surface area contributed by atoms with Crippen molar-refractivity contribution in [3.63, 3.8) is 0 Å². The van der Waals surface area contributed by atoms with Crippen molar-refractivity contribution in [3.8, 4) is 0 Å². The first-order valence-electron chi connectivity index (χ1n) is 4.84. The van der Waals surface area contributed by atoms with Crippen molar-refractivity contribution in [1.82, 2.24) is 5.32 Å². The van der Waals surface area contributed by atoms with Gasteiger partial charge in [-0.3, -0.25) is 4.79 Å². The van der Waals surface area contributed by atoms with Crippen molar-refractivity contribution in [1.29, 1.82) is 0 Å². The summed E-state index contributed by atoms with van der Waals surface area (Å²) in [6.45, 7) is 2.13. The zero-order valence-corrected chi connectivity index (χ0v) is 11.2. The van der Waals surface area contributed by atoms with Crippen LogP contribution in [0, 0.1) is 9.49 Å². The van der Waals surface area contributed by atoms with Gasteiger partial charge in [-0.15, -0.1) is 0 Å². The molecule has 0 radical (unpaired) electrons. The first kappa shape index (κ1) is 11.2. The average Bonchev–Trinajstić information content (AvgIpc) is 2.86. The Hall–Kier alpha value is -0.290. The van der Waals surface area contributed by atoms with Crippen LogP contribution in [-0.4, -0.2) is 11.9 Å². The molecule has 2 unspecified atom stereocenters. The zero-order chi connectivity index (χ0) is 11.0. The summed E-state index contributed by atoms with van der Waals surface area (Å²) in [6, 6.07) is 5.73. The number of carbonyl (C=O) groups excluding carboxylic acids is 1. The van der Waals surface area contributed by atoms with Crippen molar-refractivity contribution in [2.45, 2.75) is 19.4 Å². The van der Waals surface area contributed by atoms with Crippen molar-refractivity contribution < 1.29 is 4.79 Å². The lowest BCUT2D eigenvalue weighted by Crippen LogP contribution is -2.26. The first-order valence-corrected chi connectivity index (χ1v) is 6.29. The number of hydrogen-bond donors (Lipinski definition) is 1. The van der Waals surface area contributed by atoms with Gasteiger partial charge < -0.3 is 5.32 Å². The highest BCUT2D eigenvalue weighted by Gasteiger charge is 2.33. The van der Waals surface area contributed by atoms with Gasteiger partial charge >= 0.3 is 0 Å². The molecule has 1 fully saturated rings. The second-order valence-electron chi connectivity index (χ2n) is 3.92. The Balaban J connectivity index is 2.08. The number of amides is 1. The molecule has 0 bridgehead atoms. The Morgan fingerprint density at radius 3 is 2.80 bits per heavy atom. The van der Waals surface area contributed by atoms with E-state index in [1.54, 1.807) is 12.1 Å². The molecule has 1 aliphatic carbocycles. The van der Waals surface area contributed by atoms with Crippen LogP contribution >= 0.6 is 34.2 Å². The quantitative estimate of drug-likeness (QED) is 0.827. The summed E-state index contributed by atoms with van der Waals surface area (Å²) in [7, 11) is 0. The van der Waals surface area contributed by atoms with Gasteiger partial charge in [0.1, 0.15) is 0 Å². The van der Waals surface area contributed by atoms with Gasteiger partial charge in [-0.25, -0.2) is 0 Å². The average molecular weight is 336 g/mol. The molecule has 1 N–H and O–H groups in total. The molecule has 1 aromatic rings. The highest BCUT2D eigenvalue weighted by Crippen LogP contribution is 2.29. The molecule has 15 heavy (non-hydrogen) atoms. The summed E-state index contributed by atoms with van der Waals surface area (Å²) in [4.78, 5) is 11.7. The van der Waals surface area contributed by atoms with Crippen molar-refractivity contribution in [3.05, 3.63) is 32.4 Å². The number of rotatable bonds is 2. The highest BCUT2D eigenvalue weighted by atomic mass is 127. The van der Waals surface area contributed by atoms with Crippen molar-refractivity contribution in [2.75, 3.05) is 0 Å². The van der Waals surface area contributed by atoms with Crippen LogP contribution in [0.25, 0.3) is 0 Å². The van der Waals surface area contributed by atoms with Gasteiger partial charge in [0.15, 0.2) is 0 Å². The minimum atomic E-state index is -0.0253. The molecule has 1 amide bonds. The Morgan fingerprint density at radius 2 is 2.27 bits per heavy atom. The van der Waals surface area contributed by atoms with E-state index in [1.165, 1.54) is 0 Å². The predicted molar refractivity (Wildman–Crippen MR) is 69.2 cm³/mol. The fraction of sp³-hybridized carbons (Fsp3) is 0.364. The van der Waals surface area contributed by atoms with Gasteiger partial charge in [-0.05, 0) is 53.1 Å². The fourth-order valence-electron chi connectivity index (χ4n) is 1.41. The molecule has 4 heteroatoms. The van der Waals surface area contributed by atoms with E-state index in [4.69, 9.17) is 11.6 Å². The van der Waals surface area contributed by atoms with Gasteiger partial charge in [0.05, 0.1) is 5.02 Å². The van der Waals surface area contributed by atoms with Crippen LogP contribution in [0.3, 0.4) is 0 Å². The van der Waals surface area contributed by atoms with Crippen LogP contribution in [0.15, 0.2) is 18.2 Å². The van der Waals surface area contributed by atoms with Gasteiger partial charge in [-0.2, -0.15) is 0 Å². The van der Waals surface area contributed by atoms with Crippen LogP contribution in [0.4, 0.5) is 0 Å². The summed E-state index contributed by atoms with van der Waals surface area (Å²) in [5, 5.41) is 3.60. The lowest BCUT2D eigenvalue weighted by atomic mass is 10.2. The Kier molecular flexibility index (Phi) is 3.21. The molecule has 2 rings (SSSR count). The van der Waals surface area contributed by atoms with E-state index in [1.807, 2.05) is 6.07 Å². The predicted octanol–water partition coefficient (Wildman–Crippen LogP) is 3.08. The summed E-state index contributed by atoms with van der Waals surface area (Å²) < 4.78 is 0.964. The molecule has 0 spiro atoms. The van der Waals surface area contributed by atoms with E-state index >= 15 is 0 Å². The van der Waals surface area contributed by atoms with Crippen LogP contribution in [-0.2, 0) is 0 Å². The molecule has 2 atom stereocenters. The van der Waals surface area contributed by atoms with Crippen LogP contribution in [0.1, 0.15) is 23.7 Å². The number of benzene rings is 1. The van der Waals surface area contributed by atoms with E-state index in [-0.39, 0.29) is 5.91 Å². The standard InChI is InChI=1S/C11H11ClINO/c1-6-4-10(6)14-11(15)7-2-3-9(13)8(12)5-7/h2-3,5-6,10H,4H2,1H3,(H,14,15). The first-order chi connectivity index (χ1) is 7.08. The maximum absolute atomic E-state index is 11.7. The van der Waals surface area contributed by atoms with Crippen LogP contribution in [0.5, 0.6) is 0 Å². The van der Waals surface area contributed by atoms with Crippen molar-refractivity contribution >= 4 is 40.1 Å². The normalized spacial score (nSPS) is 23.7. The summed E-state index contributed by atoms with van der Waals surface area (Å²) in [6.07, 6.45) is 1.09. The van der Waals surface area contributed by atoms with Crippen LogP contribution < -0.4 is 5.32 Å². The lowest BCUT2D eigenvalue weighted by molar-refractivity contribution is 0.0949. The summed E-state index contributed by atoms with van der Waals surface area (Å²) in [5.41, 5.74) is 0.638. The molecule has 80 valence electrons. The molecular formula is C11H11ClINO. The molecule has 0 aliphatic heterocycles. The lowest BCUT2D eigenvalue weighted by Gasteiger charge is -2.04. The molecular weight excluding hydrogens is 324 g/mol. The Morgan fingerprint density at radius 1 is 1.60 bits per heavy atom. The van der Waals surface area contributed by atoms with Gasteiger partial charge in [0.2, 0.25) is 0 Å². The van der Waals surface area contributed by atoms with Gasteiger partial charge in [0, 0.05) is 15.2 Å². The van der Waals surface area contributed by atoms with Crippen LogP contribution in [0.2, 0.25) is 5.02 Å². The zero-order valence-electron chi connectivity index (χ0n) is 8.26. The maximum atomic E-state index is 11.7. The Bertz CT molecular complexity index is 408. The van der Waals surface area contributed by atoms with E-state index < -0.39 is 0 Å². The number of halogens is 2. The second kappa shape index (κ2) is 4.29. The van der Waals surface area contributed by atoms with E-state index in [0.717, 1.165) is 9.99 Å². The molecule has 0 heterocycles. The molecule has 1 aliphatic rings. The van der Waals surface area contributed by atoms with E-state index in [9.17, 15) is 4.79 Å². The van der Waals surface area contributed by atoms with Gasteiger partial charge in [-0.1, -0.05) is 18.5 Å². The van der Waals surface area contributed by atoms with Crippen molar-refractivity contribution in [2.24, 2.45) is 5.92 Å². The number of carbonyl (C=O) groups is 1.